The van der Waals surface area contributed by atoms with Gasteiger partial charge in [-0.3, -0.25) is 4.68 Å². The molecule has 0 aliphatic carbocycles. The lowest BCUT2D eigenvalue weighted by molar-refractivity contribution is 0.185. The molecule has 0 fully saturated rings. The molecule has 0 bridgehead atoms. The van der Waals surface area contributed by atoms with Crippen LogP contribution in [0.1, 0.15) is 22.7 Å². The first-order valence-corrected chi connectivity index (χ1v) is 8.23. The van der Waals surface area contributed by atoms with Crippen LogP contribution in [-0.4, -0.2) is 48.5 Å². The van der Waals surface area contributed by atoms with Crippen molar-refractivity contribution >= 4 is 6.03 Å². The number of ether oxygens (including phenoxy) is 1. The third-order valence-electron chi connectivity index (χ3n) is 3.94. The average Bonchev–Trinajstić information content (AvgIpc) is 2.99. The van der Waals surface area contributed by atoms with Crippen molar-refractivity contribution in [2.45, 2.75) is 19.2 Å². The van der Waals surface area contributed by atoms with E-state index in [1.807, 2.05) is 57.8 Å². The molecule has 2 aromatic rings. The van der Waals surface area contributed by atoms with Gasteiger partial charge in [-0.1, -0.05) is 24.3 Å². The van der Waals surface area contributed by atoms with Crippen molar-refractivity contribution in [1.82, 2.24) is 25.3 Å². The van der Waals surface area contributed by atoms with Crippen molar-refractivity contribution < 1.29 is 9.53 Å². The molecule has 0 spiro atoms. The molecule has 136 valence electrons. The average molecular weight is 345 g/mol. The number of nitrogens with one attached hydrogen (secondary N) is 2. The number of urea groups is 1. The molecule has 1 heterocycles. The number of carbonyl (C=O) groups is 1. The fourth-order valence-electron chi connectivity index (χ4n) is 2.64. The van der Waals surface area contributed by atoms with Crippen LogP contribution in [0.3, 0.4) is 0 Å². The Hall–Kier alpha value is -2.38. The molecule has 0 aliphatic heterocycles. The number of methoxy groups -OCH3 is 1. The third-order valence-corrected chi connectivity index (χ3v) is 3.94. The minimum absolute atomic E-state index is 0.0736. The molecule has 7 heteroatoms. The normalized spacial score (nSPS) is 12.2. The Bertz CT molecular complexity index is 684. The standard InChI is InChI=1S/C18H27N5O2/c1-22(2)17(16-10-21-23(3)12-16)11-20-18(24)19-9-14-6-5-7-15(8-14)13-25-4/h5-8,10,12,17H,9,11,13H2,1-4H3,(H2,19,20,24)/t17-/m0/s1. The summed E-state index contributed by atoms with van der Waals surface area (Å²) in [5, 5.41) is 10.0. The van der Waals surface area contributed by atoms with Crippen molar-refractivity contribution in [1.29, 1.82) is 0 Å². The minimum Gasteiger partial charge on any atom is -0.380 e. The molecule has 2 rings (SSSR count). The van der Waals surface area contributed by atoms with Crippen LogP contribution in [0.15, 0.2) is 36.7 Å². The number of carbonyl (C=O) groups excluding carboxylic acids is 1. The lowest BCUT2D eigenvalue weighted by Crippen LogP contribution is -2.40. The second-order valence-electron chi connectivity index (χ2n) is 6.24. The number of likely N-dealkylation sites (N-methyl/N-ethyl adjacent to an activating group) is 1. The van der Waals surface area contributed by atoms with Gasteiger partial charge in [0.05, 0.1) is 18.8 Å². The SMILES string of the molecule is COCc1cccc(CNC(=O)NC[C@@H](c2cnn(C)c2)N(C)C)c1. The van der Waals surface area contributed by atoms with Gasteiger partial charge < -0.3 is 20.3 Å². The van der Waals surface area contributed by atoms with E-state index >= 15 is 0 Å². The van der Waals surface area contributed by atoms with Crippen LogP contribution in [0.25, 0.3) is 0 Å². The van der Waals surface area contributed by atoms with Gasteiger partial charge in [0.15, 0.2) is 0 Å². The Morgan fingerprint density at radius 3 is 2.72 bits per heavy atom. The predicted octanol–water partition coefficient (Wildman–Crippen LogP) is 1.67. The Morgan fingerprint density at radius 2 is 2.08 bits per heavy atom. The molecule has 2 N–H and O–H groups in total. The number of aromatic nitrogens is 2. The van der Waals surface area contributed by atoms with Gasteiger partial charge in [0.25, 0.3) is 0 Å². The number of amides is 2. The van der Waals surface area contributed by atoms with Gasteiger partial charge >= 0.3 is 6.03 Å². The van der Waals surface area contributed by atoms with Gasteiger partial charge in [-0.15, -0.1) is 0 Å². The van der Waals surface area contributed by atoms with Gasteiger partial charge in [0.1, 0.15) is 0 Å². The summed E-state index contributed by atoms with van der Waals surface area (Å²) in [6, 6.07) is 7.87. The van der Waals surface area contributed by atoms with Crippen LogP contribution in [0.4, 0.5) is 4.79 Å². The Morgan fingerprint density at radius 1 is 1.32 bits per heavy atom. The van der Waals surface area contributed by atoms with Crippen LogP contribution in [0.5, 0.6) is 0 Å². The van der Waals surface area contributed by atoms with Crippen LogP contribution in [-0.2, 0) is 24.9 Å². The molecule has 1 aromatic heterocycles. The molecule has 25 heavy (non-hydrogen) atoms. The first-order chi connectivity index (χ1) is 12.0. The molecule has 0 radical (unpaired) electrons. The maximum Gasteiger partial charge on any atom is 0.315 e. The minimum atomic E-state index is -0.187. The van der Waals surface area contributed by atoms with Gasteiger partial charge in [0.2, 0.25) is 0 Å². The predicted molar refractivity (Wildman–Crippen MR) is 97.0 cm³/mol. The van der Waals surface area contributed by atoms with Crippen LogP contribution < -0.4 is 10.6 Å². The second-order valence-corrected chi connectivity index (χ2v) is 6.24. The fourth-order valence-corrected chi connectivity index (χ4v) is 2.64. The zero-order chi connectivity index (χ0) is 18.2. The lowest BCUT2D eigenvalue weighted by Gasteiger charge is -2.23. The maximum absolute atomic E-state index is 12.1. The van der Waals surface area contributed by atoms with Crippen molar-refractivity contribution in [2.75, 3.05) is 27.7 Å². The highest BCUT2D eigenvalue weighted by Crippen LogP contribution is 2.16. The van der Waals surface area contributed by atoms with E-state index in [0.29, 0.717) is 19.7 Å². The van der Waals surface area contributed by atoms with E-state index in [0.717, 1.165) is 16.7 Å². The monoisotopic (exact) mass is 345 g/mol. The van der Waals surface area contributed by atoms with E-state index in [-0.39, 0.29) is 12.1 Å². The van der Waals surface area contributed by atoms with Crippen molar-refractivity contribution in [3.8, 4) is 0 Å². The Kier molecular flexibility index (Phi) is 6.97. The summed E-state index contributed by atoms with van der Waals surface area (Å²) in [5.41, 5.74) is 3.20. The molecule has 1 aromatic carbocycles. The Labute approximate surface area is 149 Å². The molecule has 0 saturated carbocycles. The molecule has 0 unspecified atom stereocenters. The van der Waals surface area contributed by atoms with E-state index in [1.54, 1.807) is 11.8 Å². The highest BCUT2D eigenvalue weighted by Gasteiger charge is 2.16. The summed E-state index contributed by atoms with van der Waals surface area (Å²) >= 11 is 0. The zero-order valence-electron chi connectivity index (χ0n) is 15.3. The number of hydrogen-bond acceptors (Lipinski definition) is 4. The van der Waals surface area contributed by atoms with E-state index in [4.69, 9.17) is 4.74 Å². The first kappa shape index (κ1) is 19.0. The highest BCUT2D eigenvalue weighted by molar-refractivity contribution is 5.73. The van der Waals surface area contributed by atoms with Crippen LogP contribution >= 0.6 is 0 Å². The van der Waals surface area contributed by atoms with E-state index < -0.39 is 0 Å². The van der Waals surface area contributed by atoms with Gasteiger partial charge in [-0.25, -0.2) is 4.79 Å². The molecule has 2 amide bonds. The first-order valence-electron chi connectivity index (χ1n) is 8.23. The van der Waals surface area contributed by atoms with Crippen molar-refractivity contribution in [3.63, 3.8) is 0 Å². The topological polar surface area (TPSA) is 71.4 Å². The summed E-state index contributed by atoms with van der Waals surface area (Å²) in [5.74, 6) is 0. The Balaban J connectivity index is 1.84. The molecular formula is C18H27N5O2. The van der Waals surface area contributed by atoms with E-state index in [1.165, 1.54) is 0 Å². The summed E-state index contributed by atoms with van der Waals surface area (Å²) in [6.45, 7) is 1.55. The number of rotatable bonds is 8. The van der Waals surface area contributed by atoms with Crippen LogP contribution in [0.2, 0.25) is 0 Å². The van der Waals surface area contributed by atoms with Crippen molar-refractivity contribution in [2.24, 2.45) is 7.05 Å². The van der Waals surface area contributed by atoms with Crippen molar-refractivity contribution in [3.05, 3.63) is 53.3 Å². The van der Waals surface area contributed by atoms with E-state index in [9.17, 15) is 4.79 Å². The summed E-state index contributed by atoms with van der Waals surface area (Å²) in [6.07, 6.45) is 3.79. The summed E-state index contributed by atoms with van der Waals surface area (Å²) < 4.78 is 6.89. The van der Waals surface area contributed by atoms with Gasteiger partial charge in [-0.2, -0.15) is 5.10 Å². The molecular weight excluding hydrogens is 318 g/mol. The smallest absolute Gasteiger partial charge is 0.315 e. The fraction of sp³-hybridized carbons (Fsp3) is 0.444. The molecule has 7 nitrogen and oxygen atoms in total. The quantitative estimate of drug-likeness (QED) is 0.763. The number of nitrogens with zero attached hydrogens (tertiary/aromatic N) is 3. The van der Waals surface area contributed by atoms with E-state index in [2.05, 4.69) is 20.6 Å². The number of hydrogen-bond donors (Lipinski definition) is 2. The summed E-state index contributed by atoms with van der Waals surface area (Å²) in [4.78, 5) is 14.2. The zero-order valence-corrected chi connectivity index (χ0v) is 15.3. The number of aryl methyl sites for hydroxylation is 1. The number of benzene rings is 1. The lowest BCUT2D eigenvalue weighted by atomic mass is 10.1. The molecule has 1 atom stereocenters. The van der Waals surface area contributed by atoms with Gasteiger partial charge in [-0.05, 0) is 25.2 Å². The summed E-state index contributed by atoms with van der Waals surface area (Å²) in [7, 11) is 7.52. The second kappa shape index (κ2) is 9.19. The third kappa shape index (κ3) is 5.88. The highest BCUT2D eigenvalue weighted by atomic mass is 16.5. The van der Waals surface area contributed by atoms with Gasteiger partial charge in [0, 0.05) is 39.0 Å². The van der Waals surface area contributed by atoms with Crippen LogP contribution in [0, 0.1) is 0 Å². The maximum atomic E-state index is 12.1. The molecule has 0 saturated heterocycles. The molecule has 0 aliphatic rings. The largest absolute Gasteiger partial charge is 0.380 e.